The van der Waals surface area contributed by atoms with E-state index < -0.39 is 6.10 Å². The Morgan fingerprint density at radius 2 is 1.44 bits per heavy atom. The number of rotatable bonds is 3. The molecule has 5 aromatic rings. The van der Waals surface area contributed by atoms with Crippen LogP contribution in [0.25, 0.3) is 32.6 Å². The van der Waals surface area contributed by atoms with Crippen LogP contribution in [0.3, 0.4) is 0 Å². The fourth-order valence-electron chi connectivity index (χ4n) is 4.25. The number of aliphatic hydroxyl groups excluding tert-OH is 1. The molecule has 2 heteroatoms. The van der Waals surface area contributed by atoms with E-state index >= 15 is 0 Å². The lowest BCUT2D eigenvalue weighted by Crippen LogP contribution is -2.01. The molecule has 0 unspecified atom stereocenters. The van der Waals surface area contributed by atoms with Crippen molar-refractivity contribution in [2.45, 2.75) is 19.6 Å². The molecule has 4 aromatic carbocycles. The average Bonchev–Trinajstić information content (AvgIpc) is 3.05. The Balaban J connectivity index is 1.72. The molecule has 0 radical (unpaired) electrons. The lowest BCUT2D eigenvalue weighted by molar-refractivity contribution is 0.222. The van der Waals surface area contributed by atoms with Crippen LogP contribution < -0.4 is 0 Å². The van der Waals surface area contributed by atoms with Gasteiger partial charge < -0.3 is 9.67 Å². The number of aromatic nitrogens is 1. The molecule has 0 bridgehead atoms. The molecule has 0 saturated carbocycles. The van der Waals surface area contributed by atoms with Crippen molar-refractivity contribution in [2.24, 2.45) is 0 Å². The minimum absolute atomic E-state index is 0.649. The maximum Gasteiger partial charge on any atom is 0.105 e. The van der Waals surface area contributed by atoms with Gasteiger partial charge in [-0.1, -0.05) is 66.7 Å². The van der Waals surface area contributed by atoms with Crippen molar-refractivity contribution in [1.82, 2.24) is 4.57 Å². The summed E-state index contributed by atoms with van der Waals surface area (Å²) in [5, 5.41) is 15.9. The van der Waals surface area contributed by atoms with Crippen LogP contribution in [-0.4, -0.2) is 9.67 Å². The summed E-state index contributed by atoms with van der Waals surface area (Å²) in [6.07, 6.45) is -0.649. The van der Waals surface area contributed by atoms with Crippen LogP contribution in [-0.2, 0) is 6.54 Å². The van der Waals surface area contributed by atoms with E-state index in [4.69, 9.17) is 0 Å². The highest BCUT2D eigenvalue weighted by Crippen LogP contribution is 2.34. The molecule has 27 heavy (non-hydrogen) atoms. The second kappa shape index (κ2) is 6.26. The van der Waals surface area contributed by atoms with Gasteiger partial charge in [0, 0.05) is 28.4 Å². The monoisotopic (exact) mass is 351 g/mol. The molecule has 1 atom stereocenters. The van der Waals surface area contributed by atoms with Crippen molar-refractivity contribution in [2.75, 3.05) is 0 Å². The zero-order valence-corrected chi connectivity index (χ0v) is 15.3. The SMILES string of the molecule is CCn1c2ccccc2c2cc([C@H](O)c3cccc4ccccc34)ccc21. The third-order valence-corrected chi connectivity index (χ3v) is 5.55. The number of hydrogen-bond donors (Lipinski definition) is 1. The van der Waals surface area contributed by atoms with E-state index in [1.165, 1.54) is 21.8 Å². The molecule has 1 heterocycles. The molecule has 0 aliphatic rings. The van der Waals surface area contributed by atoms with E-state index in [1.54, 1.807) is 0 Å². The Hall–Kier alpha value is -3.10. The number of aryl methyl sites for hydroxylation is 1. The molecule has 1 N–H and O–H groups in total. The third-order valence-electron chi connectivity index (χ3n) is 5.55. The molecule has 1 aromatic heterocycles. The molecule has 0 aliphatic carbocycles. The molecule has 0 spiro atoms. The molecule has 5 rings (SSSR count). The second-order valence-corrected chi connectivity index (χ2v) is 7.01. The number of aliphatic hydroxyl groups is 1. The molecular weight excluding hydrogens is 330 g/mol. The molecule has 2 nitrogen and oxygen atoms in total. The van der Waals surface area contributed by atoms with E-state index in [0.29, 0.717) is 0 Å². The number of benzene rings is 4. The Labute approximate surface area is 158 Å². The molecule has 0 amide bonds. The summed E-state index contributed by atoms with van der Waals surface area (Å²) >= 11 is 0. The summed E-state index contributed by atoms with van der Waals surface area (Å²) in [7, 11) is 0. The largest absolute Gasteiger partial charge is 0.384 e. The van der Waals surface area contributed by atoms with E-state index in [-0.39, 0.29) is 0 Å². The summed E-state index contributed by atoms with van der Waals surface area (Å²) in [4.78, 5) is 0. The molecule has 0 fully saturated rings. The van der Waals surface area contributed by atoms with Crippen molar-refractivity contribution < 1.29 is 5.11 Å². The minimum Gasteiger partial charge on any atom is -0.384 e. The van der Waals surface area contributed by atoms with Gasteiger partial charge in [0.25, 0.3) is 0 Å². The van der Waals surface area contributed by atoms with Gasteiger partial charge in [-0.3, -0.25) is 0 Å². The summed E-state index contributed by atoms with van der Waals surface area (Å²) < 4.78 is 2.33. The predicted octanol–water partition coefficient (Wildman–Crippen LogP) is 6.05. The van der Waals surface area contributed by atoms with Gasteiger partial charge in [0.2, 0.25) is 0 Å². The van der Waals surface area contributed by atoms with Crippen molar-refractivity contribution in [3.8, 4) is 0 Å². The first-order valence-electron chi connectivity index (χ1n) is 9.44. The maximum absolute atomic E-state index is 11.2. The fraction of sp³-hybridized carbons (Fsp3) is 0.120. The third kappa shape index (κ3) is 2.45. The summed E-state index contributed by atoms with van der Waals surface area (Å²) in [6, 6.07) is 29.2. The van der Waals surface area contributed by atoms with Crippen LogP contribution in [0, 0.1) is 0 Å². The number of para-hydroxylation sites is 1. The first kappa shape index (κ1) is 16.1. The van der Waals surface area contributed by atoms with Crippen LogP contribution in [0.5, 0.6) is 0 Å². The van der Waals surface area contributed by atoms with Gasteiger partial charge in [0.1, 0.15) is 6.10 Å². The van der Waals surface area contributed by atoms with Gasteiger partial charge in [-0.25, -0.2) is 0 Å². The number of hydrogen-bond acceptors (Lipinski definition) is 1. The Morgan fingerprint density at radius 3 is 2.30 bits per heavy atom. The van der Waals surface area contributed by atoms with Gasteiger partial charge in [0.15, 0.2) is 0 Å². The standard InChI is InChI=1S/C25H21NO/c1-2-26-23-13-6-5-11-20(23)22-16-18(14-15-24(22)26)25(27)21-12-7-9-17-8-3-4-10-19(17)21/h3-16,25,27H,2H2,1H3/t25-/m0/s1. The maximum atomic E-state index is 11.2. The zero-order chi connectivity index (χ0) is 18.4. The quantitative estimate of drug-likeness (QED) is 0.420. The summed E-state index contributed by atoms with van der Waals surface area (Å²) in [5.74, 6) is 0. The number of nitrogens with zero attached hydrogens (tertiary/aromatic N) is 1. The van der Waals surface area contributed by atoms with E-state index in [0.717, 1.165) is 28.4 Å². The van der Waals surface area contributed by atoms with Gasteiger partial charge in [-0.05, 0) is 47.0 Å². The van der Waals surface area contributed by atoms with Gasteiger partial charge in [0.05, 0.1) is 0 Å². The van der Waals surface area contributed by atoms with E-state index in [2.05, 4.69) is 72.2 Å². The van der Waals surface area contributed by atoms with E-state index in [1.807, 2.05) is 24.3 Å². The van der Waals surface area contributed by atoms with Crippen molar-refractivity contribution in [1.29, 1.82) is 0 Å². The van der Waals surface area contributed by atoms with Crippen LogP contribution >= 0.6 is 0 Å². The van der Waals surface area contributed by atoms with Crippen LogP contribution in [0.2, 0.25) is 0 Å². The van der Waals surface area contributed by atoms with Crippen molar-refractivity contribution in [3.63, 3.8) is 0 Å². The molecule has 0 aliphatic heterocycles. The van der Waals surface area contributed by atoms with Gasteiger partial charge in [-0.2, -0.15) is 0 Å². The van der Waals surface area contributed by atoms with Crippen LogP contribution in [0.4, 0.5) is 0 Å². The Bertz CT molecular complexity index is 1280. The van der Waals surface area contributed by atoms with E-state index in [9.17, 15) is 5.11 Å². The summed E-state index contributed by atoms with van der Waals surface area (Å²) in [5.41, 5.74) is 4.34. The lowest BCUT2D eigenvalue weighted by atomic mass is 9.95. The van der Waals surface area contributed by atoms with Gasteiger partial charge in [-0.15, -0.1) is 0 Å². The number of fused-ring (bicyclic) bond motifs is 4. The molecule has 0 saturated heterocycles. The average molecular weight is 351 g/mol. The van der Waals surface area contributed by atoms with Crippen LogP contribution in [0.1, 0.15) is 24.2 Å². The van der Waals surface area contributed by atoms with Crippen molar-refractivity contribution >= 4 is 32.6 Å². The summed E-state index contributed by atoms with van der Waals surface area (Å²) in [6.45, 7) is 3.10. The zero-order valence-electron chi connectivity index (χ0n) is 15.3. The smallest absolute Gasteiger partial charge is 0.105 e. The van der Waals surface area contributed by atoms with Crippen LogP contribution in [0.15, 0.2) is 84.9 Å². The lowest BCUT2D eigenvalue weighted by Gasteiger charge is -2.15. The first-order valence-corrected chi connectivity index (χ1v) is 9.44. The first-order chi connectivity index (χ1) is 13.3. The highest BCUT2D eigenvalue weighted by molar-refractivity contribution is 6.08. The Kier molecular flexibility index (Phi) is 3.73. The van der Waals surface area contributed by atoms with Crippen molar-refractivity contribution in [3.05, 3.63) is 96.1 Å². The highest BCUT2D eigenvalue weighted by atomic mass is 16.3. The highest BCUT2D eigenvalue weighted by Gasteiger charge is 2.16. The second-order valence-electron chi connectivity index (χ2n) is 7.01. The Morgan fingerprint density at radius 1 is 0.741 bits per heavy atom. The fourth-order valence-corrected chi connectivity index (χ4v) is 4.25. The predicted molar refractivity (Wildman–Crippen MR) is 113 cm³/mol. The topological polar surface area (TPSA) is 25.2 Å². The normalized spacial score (nSPS) is 12.8. The molecular formula is C25H21NO. The molecule has 132 valence electrons. The minimum atomic E-state index is -0.649. The van der Waals surface area contributed by atoms with Gasteiger partial charge >= 0.3 is 0 Å².